The van der Waals surface area contributed by atoms with Crippen molar-refractivity contribution in [1.82, 2.24) is 15.0 Å². The van der Waals surface area contributed by atoms with E-state index in [2.05, 4.69) is 15.5 Å². The van der Waals surface area contributed by atoms with Gasteiger partial charge in [0.15, 0.2) is 0 Å². The molecule has 1 aliphatic heterocycles. The first-order chi connectivity index (χ1) is 13.6. The Bertz CT molecular complexity index is 965. The fourth-order valence-electron chi connectivity index (χ4n) is 3.51. The summed E-state index contributed by atoms with van der Waals surface area (Å²) in [6.45, 7) is 5.37. The molecule has 144 valence electrons. The van der Waals surface area contributed by atoms with Crippen LogP contribution in [0.3, 0.4) is 0 Å². The van der Waals surface area contributed by atoms with Crippen LogP contribution in [0, 0.1) is 13.8 Å². The zero-order valence-corrected chi connectivity index (χ0v) is 16.2. The molecule has 4 rings (SSSR count). The van der Waals surface area contributed by atoms with Gasteiger partial charge in [0.25, 0.3) is 0 Å². The van der Waals surface area contributed by atoms with Crippen molar-refractivity contribution in [3.63, 3.8) is 0 Å². The molecule has 6 nitrogen and oxygen atoms in total. The Balaban J connectivity index is 1.43. The molecule has 2 heterocycles. The highest BCUT2D eigenvalue weighted by molar-refractivity contribution is 5.89. The minimum absolute atomic E-state index is 0.0589. The van der Waals surface area contributed by atoms with E-state index >= 15 is 0 Å². The van der Waals surface area contributed by atoms with Gasteiger partial charge in [-0.3, -0.25) is 0 Å². The van der Waals surface area contributed by atoms with E-state index in [1.165, 1.54) is 0 Å². The highest BCUT2D eigenvalue weighted by Gasteiger charge is 2.28. The van der Waals surface area contributed by atoms with Crippen LogP contribution >= 0.6 is 0 Å². The Morgan fingerprint density at radius 2 is 1.96 bits per heavy atom. The number of benzene rings is 2. The molecule has 28 heavy (non-hydrogen) atoms. The first-order valence-corrected chi connectivity index (χ1v) is 9.62. The number of aromatic nitrogens is 2. The van der Waals surface area contributed by atoms with Gasteiger partial charge in [0.2, 0.25) is 11.7 Å². The van der Waals surface area contributed by atoms with Crippen molar-refractivity contribution < 1.29 is 9.32 Å². The number of urea groups is 1. The summed E-state index contributed by atoms with van der Waals surface area (Å²) in [5.74, 6) is 1.26. The molecule has 0 saturated carbocycles. The molecule has 1 saturated heterocycles. The van der Waals surface area contributed by atoms with Gasteiger partial charge in [-0.15, -0.1) is 0 Å². The van der Waals surface area contributed by atoms with E-state index in [-0.39, 0.29) is 11.9 Å². The van der Waals surface area contributed by atoms with Crippen molar-refractivity contribution in [2.24, 2.45) is 0 Å². The zero-order chi connectivity index (χ0) is 19.5. The number of carbonyl (C=O) groups is 1. The van der Waals surface area contributed by atoms with Gasteiger partial charge in [-0.2, -0.15) is 4.98 Å². The Kier molecular flexibility index (Phi) is 5.10. The molecule has 0 spiro atoms. The Hall–Kier alpha value is -3.15. The average Bonchev–Trinajstić information content (AvgIpc) is 3.20. The Morgan fingerprint density at radius 1 is 1.14 bits per heavy atom. The van der Waals surface area contributed by atoms with Crippen LogP contribution < -0.4 is 5.32 Å². The number of piperidine rings is 1. The second kappa shape index (κ2) is 7.84. The van der Waals surface area contributed by atoms with Crippen LogP contribution in [-0.4, -0.2) is 34.2 Å². The lowest BCUT2D eigenvalue weighted by Gasteiger charge is -2.31. The van der Waals surface area contributed by atoms with E-state index in [4.69, 9.17) is 4.52 Å². The molecule has 2 aromatic carbocycles. The summed E-state index contributed by atoms with van der Waals surface area (Å²) in [6, 6.07) is 15.8. The predicted molar refractivity (Wildman–Crippen MR) is 108 cm³/mol. The molecule has 1 aromatic heterocycles. The van der Waals surface area contributed by atoms with Gasteiger partial charge in [-0.25, -0.2) is 4.79 Å². The molecular weight excluding hydrogens is 352 g/mol. The number of anilines is 1. The van der Waals surface area contributed by atoms with E-state index in [1.54, 1.807) is 0 Å². The number of nitrogens with zero attached hydrogens (tertiary/aromatic N) is 3. The van der Waals surface area contributed by atoms with Crippen molar-refractivity contribution >= 4 is 11.7 Å². The second-order valence-electron chi connectivity index (χ2n) is 7.41. The van der Waals surface area contributed by atoms with Gasteiger partial charge in [0, 0.05) is 24.3 Å². The third kappa shape index (κ3) is 4.06. The quantitative estimate of drug-likeness (QED) is 0.715. The lowest BCUT2D eigenvalue weighted by Crippen LogP contribution is -2.41. The van der Waals surface area contributed by atoms with E-state index in [1.807, 2.05) is 67.3 Å². The molecule has 1 aliphatic rings. The topological polar surface area (TPSA) is 71.3 Å². The van der Waals surface area contributed by atoms with Gasteiger partial charge in [0.1, 0.15) is 0 Å². The summed E-state index contributed by atoms with van der Waals surface area (Å²) in [5, 5.41) is 7.11. The van der Waals surface area contributed by atoms with Crippen LogP contribution in [0.5, 0.6) is 0 Å². The fourth-order valence-corrected chi connectivity index (χ4v) is 3.51. The smallest absolute Gasteiger partial charge is 0.321 e. The van der Waals surface area contributed by atoms with Gasteiger partial charge in [-0.05, 0) is 44.9 Å². The van der Waals surface area contributed by atoms with Crippen LogP contribution in [0.2, 0.25) is 0 Å². The second-order valence-corrected chi connectivity index (χ2v) is 7.41. The van der Waals surface area contributed by atoms with Gasteiger partial charge in [0.05, 0.1) is 5.92 Å². The van der Waals surface area contributed by atoms with Crippen LogP contribution in [-0.2, 0) is 0 Å². The SMILES string of the molecule is Cc1ccc(NC(=O)N2CCCC(c3nc(-c4cccc(C)c4)no3)C2)cc1. The van der Waals surface area contributed by atoms with E-state index < -0.39 is 0 Å². The fraction of sp³-hybridized carbons (Fsp3) is 0.318. The lowest BCUT2D eigenvalue weighted by molar-refractivity contribution is 0.184. The number of rotatable bonds is 3. The molecule has 0 radical (unpaired) electrons. The number of aryl methyl sites for hydroxylation is 2. The number of hydrogen-bond acceptors (Lipinski definition) is 4. The molecule has 1 unspecified atom stereocenters. The van der Waals surface area contributed by atoms with Gasteiger partial charge in [-0.1, -0.05) is 46.6 Å². The molecule has 1 fully saturated rings. The van der Waals surface area contributed by atoms with Crippen molar-refractivity contribution in [1.29, 1.82) is 0 Å². The van der Waals surface area contributed by atoms with Crippen molar-refractivity contribution in [3.8, 4) is 11.4 Å². The van der Waals surface area contributed by atoms with Gasteiger partial charge >= 0.3 is 6.03 Å². The summed E-state index contributed by atoms with van der Waals surface area (Å²) in [7, 11) is 0. The van der Waals surface area contributed by atoms with Crippen LogP contribution in [0.15, 0.2) is 53.1 Å². The first kappa shape index (κ1) is 18.2. The predicted octanol–water partition coefficient (Wildman–Crippen LogP) is 4.76. The number of hydrogen-bond donors (Lipinski definition) is 1. The third-order valence-corrected chi connectivity index (χ3v) is 5.08. The van der Waals surface area contributed by atoms with Gasteiger partial charge < -0.3 is 14.7 Å². The molecule has 6 heteroatoms. The highest BCUT2D eigenvalue weighted by atomic mass is 16.5. The Labute approximate surface area is 164 Å². The summed E-state index contributed by atoms with van der Waals surface area (Å²) in [6.07, 6.45) is 1.85. The summed E-state index contributed by atoms with van der Waals surface area (Å²) >= 11 is 0. The number of amides is 2. The monoisotopic (exact) mass is 376 g/mol. The average molecular weight is 376 g/mol. The molecule has 1 N–H and O–H groups in total. The largest absolute Gasteiger partial charge is 0.339 e. The molecule has 1 atom stereocenters. The maximum atomic E-state index is 12.6. The minimum atomic E-state index is -0.0908. The first-order valence-electron chi connectivity index (χ1n) is 9.62. The summed E-state index contributed by atoms with van der Waals surface area (Å²) in [4.78, 5) is 19.1. The highest BCUT2D eigenvalue weighted by Crippen LogP contribution is 2.28. The van der Waals surface area contributed by atoms with Crippen LogP contribution in [0.25, 0.3) is 11.4 Å². The summed E-state index contributed by atoms with van der Waals surface area (Å²) in [5.41, 5.74) is 4.06. The van der Waals surface area contributed by atoms with Crippen LogP contribution in [0.4, 0.5) is 10.5 Å². The number of nitrogens with one attached hydrogen (secondary N) is 1. The molecule has 0 bridgehead atoms. The Morgan fingerprint density at radius 3 is 2.75 bits per heavy atom. The summed E-state index contributed by atoms with van der Waals surface area (Å²) < 4.78 is 5.54. The number of carbonyl (C=O) groups excluding carboxylic acids is 1. The van der Waals surface area contributed by atoms with E-state index in [0.29, 0.717) is 18.3 Å². The normalized spacial score (nSPS) is 16.8. The minimum Gasteiger partial charge on any atom is -0.339 e. The molecule has 3 aromatic rings. The molecule has 0 aliphatic carbocycles. The molecule has 2 amide bonds. The maximum Gasteiger partial charge on any atom is 0.321 e. The third-order valence-electron chi connectivity index (χ3n) is 5.08. The van der Waals surface area contributed by atoms with Crippen LogP contribution in [0.1, 0.15) is 35.8 Å². The molecular formula is C22H24N4O2. The van der Waals surface area contributed by atoms with Crippen molar-refractivity contribution in [3.05, 3.63) is 65.5 Å². The maximum absolute atomic E-state index is 12.6. The lowest BCUT2D eigenvalue weighted by atomic mass is 9.98. The van der Waals surface area contributed by atoms with Crippen molar-refractivity contribution in [2.45, 2.75) is 32.6 Å². The number of likely N-dealkylation sites (tertiary alicyclic amines) is 1. The van der Waals surface area contributed by atoms with E-state index in [0.717, 1.165) is 41.8 Å². The van der Waals surface area contributed by atoms with Crippen molar-refractivity contribution in [2.75, 3.05) is 18.4 Å². The standard InChI is InChI=1S/C22H24N4O2/c1-15-8-10-19(11-9-15)23-22(27)26-12-4-7-18(14-26)21-24-20(25-28-21)17-6-3-5-16(2)13-17/h3,5-6,8-11,13,18H,4,7,12,14H2,1-2H3,(H,23,27). The zero-order valence-electron chi connectivity index (χ0n) is 16.2. The van der Waals surface area contributed by atoms with E-state index in [9.17, 15) is 4.79 Å².